The highest BCUT2D eigenvalue weighted by atomic mass is 16.4. The molecule has 6 nitrogen and oxygen atoms in total. The van der Waals surface area contributed by atoms with Crippen molar-refractivity contribution in [3.63, 3.8) is 0 Å². The number of hydrogen-bond donors (Lipinski definition) is 3. The second kappa shape index (κ2) is 10.6. The third-order valence-electron chi connectivity index (χ3n) is 2.14. The van der Waals surface area contributed by atoms with Crippen LogP contribution in [0.5, 0.6) is 0 Å². The minimum absolute atomic E-state index is 0.331. The molecule has 22 heavy (non-hydrogen) atoms. The molecular weight excluding hydrogens is 288 g/mol. The molecule has 0 aliphatic rings. The van der Waals surface area contributed by atoms with Crippen LogP contribution in [0.3, 0.4) is 0 Å². The van der Waals surface area contributed by atoms with Gasteiger partial charge in [0.1, 0.15) is 0 Å². The summed E-state index contributed by atoms with van der Waals surface area (Å²) in [6.45, 7) is 1.57. The number of benzene rings is 1. The van der Waals surface area contributed by atoms with Crippen molar-refractivity contribution in [3.05, 3.63) is 65.8 Å². The average Bonchev–Trinajstić information content (AvgIpc) is 2.46. The van der Waals surface area contributed by atoms with Gasteiger partial charge in [-0.2, -0.15) is 0 Å². The first-order valence-electron chi connectivity index (χ1n) is 6.10. The summed E-state index contributed by atoms with van der Waals surface area (Å²) >= 11 is 0. The van der Waals surface area contributed by atoms with Gasteiger partial charge in [0.15, 0.2) is 0 Å². The van der Waals surface area contributed by atoms with Crippen LogP contribution in [-0.2, 0) is 14.4 Å². The highest BCUT2D eigenvalue weighted by Gasteiger charge is 1.95. The van der Waals surface area contributed by atoms with Crippen molar-refractivity contribution in [2.45, 2.75) is 6.92 Å². The largest absolute Gasteiger partial charge is 0.478 e. The molecule has 116 valence electrons. The van der Waals surface area contributed by atoms with Crippen LogP contribution in [0.2, 0.25) is 0 Å². The van der Waals surface area contributed by atoms with Crippen molar-refractivity contribution in [2.24, 2.45) is 0 Å². The Balaban J connectivity index is 0.000000472. The molecule has 6 heteroatoms. The first-order chi connectivity index (χ1) is 10.3. The first-order valence-corrected chi connectivity index (χ1v) is 6.10. The zero-order chi connectivity index (χ0) is 17.0. The lowest BCUT2D eigenvalue weighted by molar-refractivity contribution is -0.134. The Bertz CT molecular complexity index is 580. The van der Waals surface area contributed by atoms with Crippen molar-refractivity contribution in [1.82, 2.24) is 0 Å². The minimum Gasteiger partial charge on any atom is -0.478 e. The highest BCUT2D eigenvalue weighted by Crippen LogP contribution is 2.02. The Morgan fingerprint density at radius 2 is 1.41 bits per heavy atom. The lowest BCUT2D eigenvalue weighted by Crippen LogP contribution is -1.94. The fourth-order valence-electron chi connectivity index (χ4n) is 1.08. The summed E-state index contributed by atoms with van der Waals surface area (Å²) in [7, 11) is 0. The van der Waals surface area contributed by atoms with Crippen molar-refractivity contribution in [1.29, 1.82) is 0 Å². The topological polar surface area (TPSA) is 112 Å². The van der Waals surface area contributed by atoms with E-state index in [2.05, 4.69) is 0 Å². The number of allylic oxidation sites excluding steroid dienone is 2. The van der Waals surface area contributed by atoms with Gasteiger partial charge < -0.3 is 15.3 Å². The molecule has 1 aromatic rings. The molecule has 0 aliphatic heterocycles. The summed E-state index contributed by atoms with van der Waals surface area (Å²) in [6, 6.07) is 9.73. The van der Waals surface area contributed by atoms with E-state index in [0.29, 0.717) is 17.7 Å². The molecule has 0 bridgehead atoms. The summed E-state index contributed by atoms with van der Waals surface area (Å²) in [5, 5.41) is 24.2. The smallest absolute Gasteiger partial charge is 0.331 e. The molecule has 1 aromatic carbocycles. The number of hydrogen-bond acceptors (Lipinski definition) is 3. The molecule has 0 atom stereocenters. The molecule has 0 spiro atoms. The monoisotopic (exact) mass is 304 g/mol. The fraction of sp³-hybridized carbons (Fsp3) is 0.0625. The minimum atomic E-state index is -1.26. The molecule has 0 heterocycles. The third-order valence-corrected chi connectivity index (χ3v) is 2.14. The molecule has 1 rings (SSSR count). The maximum atomic E-state index is 10.4. The molecule has 0 aliphatic carbocycles. The van der Waals surface area contributed by atoms with E-state index in [1.54, 1.807) is 19.1 Å². The highest BCUT2D eigenvalue weighted by molar-refractivity contribution is 5.89. The molecule has 0 saturated heterocycles. The van der Waals surface area contributed by atoms with Crippen LogP contribution in [0, 0.1) is 0 Å². The van der Waals surface area contributed by atoms with Crippen LogP contribution in [0.15, 0.2) is 60.2 Å². The number of rotatable bonds is 5. The van der Waals surface area contributed by atoms with Crippen LogP contribution in [-0.4, -0.2) is 33.2 Å². The molecule has 3 N–H and O–H groups in total. The molecular formula is C16H16O6. The van der Waals surface area contributed by atoms with E-state index in [4.69, 9.17) is 15.3 Å². The number of carboxylic acids is 3. The Labute approximate surface area is 127 Å². The van der Waals surface area contributed by atoms with E-state index in [1.807, 2.05) is 36.4 Å². The SMILES string of the molecule is CC(=CC=Cc1ccccc1)C(=O)O.O=C(O)/C=C\C(=O)O. The first kappa shape index (κ1) is 18.9. The van der Waals surface area contributed by atoms with Gasteiger partial charge in [-0.05, 0) is 12.5 Å². The summed E-state index contributed by atoms with van der Waals surface area (Å²) in [6.07, 6.45) is 6.30. The molecule has 0 saturated carbocycles. The Morgan fingerprint density at radius 1 is 0.909 bits per heavy atom. The standard InChI is InChI=1S/C12H12O2.C4H4O4/c1-10(12(13)14)6-5-9-11-7-3-2-4-8-11;5-3(6)1-2-4(7)8/h2-9H,1H3,(H,13,14);1-2H,(H,5,6)(H,7,8)/b;2-1-. The zero-order valence-electron chi connectivity index (χ0n) is 11.8. The van der Waals surface area contributed by atoms with E-state index in [-0.39, 0.29) is 0 Å². The van der Waals surface area contributed by atoms with Crippen LogP contribution in [0.25, 0.3) is 6.08 Å². The Morgan fingerprint density at radius 3 is 1.82 bits per heavy atom. The summed E-state index contributed by atoms with van der Waals surface area (Å²) in [5.41, 5.74) is 1.39. The maximum Gasteiger partial charge on any atom is 0.331 e. The second-order valence-corrected chi connectivity index (χ2v) is 3.93. The second-order valence-electron chi connectivity index (χ2n) is 3.93. The van der Waals surface area contributed by atoms with Crippen LogP contribution >= 0.6 is 0 Å². The summed E-state index contributed by atoms with van der Waals surface area (Å²) in [5.74, 6) is -3.40. The van der Waals surface area contributed by atoms with Gasteiger partial charge in [0.2, 0.25) is 0 Å². The number of carbonyl (C=O) groups is 3. The Hall–Kier alpha value is -3.15. The van der Waals surface area contributed by atoms with Gasteiger partial charge in [0.05, 0.1) is 0 Å². The average molecular weight is 304 g/mol. The van der Waals surface area contributed by atoms with E-state index in [1.165, 1.54) is 0 Å². The van der Waals surface area contributed by atoms with Crippen LogP contribution < -0.4 is 0 Å². The quantitative estimate of drug-likeness (QED) is 0.569. The molecule has 0 radical (unpaired) electrons. The lowest BCUT2D eigenvalue weighted by Gasteiger charge is -1.90. The molecule has 0 fully saturated rings. The van der Waals surface area contributed by atoms with Gasteiger partial charge in [0.25, 0.3) is 0 Å². The van der Waals surface area contributed by atoms with Crippen molar-refractivity contribution in [2.75, 3.05) is 0 Å². The predicted molar refractivity (Wildman–Crippen MR) is 81.3 cm³/mol. The van der Waals surface area contributed by atoms with Gasteiger partial charge in [0, 0.05) is 17.7 Å². The van der Waals surface area contributed by atoms with Gasteiger partial charge in [-0.15, -0.1) is 0 Å². The Kier molecular flexibility index (Phi) is 9.10. The lowest BCUT2D eigenvalue weighted by atomic mass is 10.2. The van der Waals surface area contributed by atoms with Crippen LogP contribution in [0.1, 0.15) is 12.5 Å². The normalized spacial score (nSPS) is 11.0. The zero-order valence-corrected chi connectivity index (χ0v) is 11.8. The van der Waals surface area contributed by atoms with Gasteiger partial charge >= 0.3 is 17.9 Å². The number of carboxylic acid groups (broad SMARTS) is 3. The van der Waals surface area contributed by atoms with Crippen LogP contribution in [0.4, 0.5) is 0 Å². The van der Waals surface area contributed by atoms with E-state index in [9.17, 15) is 14.4 Å². The van der Waals surface area contributed by atoms with E-state index >= 15 is 0 Å². The van der Waals surface area contributed by atoms with Gasteiger partial charge in [-0.1, -0.05) is 48.6 Å². The third kappa shape index (κ3) is 10.7. The number of aliphatic carboxylic acids is 3. The predicted octanol–water partition coefficient (Wildman–Crippen LogP) is 2.44. The molecule has 0 aromatic heterocycles. The summed E-state index contributed by atoms with van der Waals surface area (Å²) < 4.78 is 0. The van der Waals surface area contributed by atoms with Gasteiger partial charge in [-0.3, -0.25) is 0 Å². The van der Waals surface area contributed by atoms with Crippen molar-refractivity contribution < 1.29 is 29.7 Å². The van der Waals surface area contributed by atoms with Gasteiger partial charge in [-0.25, -0.2) is 14.4 Å². The van der Waals surface area contributed by atoms with E-state index < -0.39 is 17.9 Å². The summed E-state index contributed by atoms with van der Waals surface area (Å²) in [4.78, 5) is 29.5. The van der Waals surface area contributed by atoms with Crippen molar-refractivity contribution in [3.8, 4) is 0 Å². The molecule has 0 unspecified atom stereocenters. The van der Waals surface area contributed by atoms with E-state index in [0.717, 1.165) is 5.56 Å². The fourth-order valence-corrected chi connectivity index (χ4v) is 1.08. The maximum absolute atomic E-state index is 10.4. The molecule has 0 amide bonds. The van der Waals surface area contributed by atoms with Crippen molar-refractivity contribution >= 4 is 24.0 Å².